The molecule has 1 saturated carbocycles. The second-order valence-electron chi connectivity index (χ2n) is 6.64. The molecule has 0 bridgehead atoms. The average molecular weight is 351 g/mol. The van der Waals surface area contributed by atoms with E-state index in [1.807, 2.05) is 29.2 Å². The predicted octanol–water partition coefficient (Wildman–Crippen LogP) is 5.98. The zero-order valence-corrected chi connectivity index (χ0v) is 15.9. The van der Waals surface area contributed by atoms with Crippen LogP contribution in [0, 0.1) is 0 Å². The summed E-state index contributed by atoms with van der Waals surface area (Å²) in [6, 6.07) is 7.60. The van der Waals surface area contributed by atoms with E-state index in [2.05, 4.69) is 20.4 Å². The highest BCUT2D eigenvalue weighted by atomic mass is 19.3. The molecule has 2 nitrogen and oxygen atoms in total. The van der Waals surface area contributed by atoms with Crippen LogP contribution in [0.15, 0.2) is 42.6 Å². The average Bonchev–Trinajstić information content (AvgIpc) is 3.43. The largest absolute Gasteiger partial charge is 0.392 e. The van der Waals surface area contributed by atoms with Crippen LogP contribution >= 0.6 is 0 Å². The Kier molecular flexibility index (Phi) is 8.30. The number of rotatable bonds is 7. The topological polar surface area (TPSA) is 23.5 Å². The van der Waals surface area contributed by atoms with Crippen molar-refractivity contribution in [1.29, 1.82) is 0 Å². The van der Waals surface area contributed by atoms with Gasteiger partial charge in [0.2, 0.25) is 0 Å². The van der Waals surface area contributed by atoms with Gasteiger partial charge in [-0.25, -0.2) is 8.78 Å². The van der Waals surface area contributed by atoms with Gasteiger partial charge in [0.25, 0.3) is 5.92 Å². The Balaban J connectivity index is 0.000000705. The van der Waals surface area contributed by atoms with Gasteiger partial charge in [-0.2, -0.15) is 0 Å². The summed E-state index contributed by atoms with van der Waals surface area (Å²) in [5, 5.41) is 9.06. The zero-order valence-electron chi connectivity index (χ0n) is 15.9. The quantitative estimate of drug-likeness (QED) is 0.653. The van der Waals surface area contributed by atoms with Gasteiger partial charge in [0, 0.05) is 30.4 Å². The van der Waals surface area contributed by atoms with Crippen molar-refractivity contribution >= 4 is 5.70 Å². The Morgan fingerprint density at radius 3 is 2.12 bits per heavy atom. The fourth-order valence-electron chi connectivity index (χ4n) is 2.03. The first-order valence-electron chi connectivity index (χ1n) is 8.98. The maximum absolute atomic E-state index is 13.4. The molecule has 0 aliphatic heterocycles. The van der Waals surface area contributed by atoms with Crippen LogP contribution in [0.5, 0.6) is 0 Å². The first-order chi connectivity index (χ1) is 11.7. The number of halogens is 2. The predicted molar refractivity (Wildman–Crippen MR) is 101 cm³/mol. The number of alkyl halides is 2. The Bertz CT molecular complexity index is 567. The normalized spacial score (nSPS) is 14.6. The van der Waals surface area contributed by atoms with Crippen molar-refractivity contribution in [3.05, 3.63) is 53.7 Å². The van der Waals surface area contributed by atoms with E-state index < -0.39 is 5.92 Å². The van der Waals surface area contributed by atoms with Crippen LogP contribution in [0.4, 0.5) is 8.78 Å². The van der Waals surface area contributed by atoms with Crippen molar-refractivity contribution in [2.24, 2.45) is 0 Å². The zero-order chi connectivity index (χ0) is 19.0. The minimum absolute atomic E-state index is 0.0137. The molecule has 0 spiro atoms. The summed E-state index contributed by atoms with van der Waals surface area (Å²) in [4.78, 5) is 1.85. The molecule has 2 rings (SSSR count). The summed E-state index contributed by atoms with van der Waals surface area (Å²) in [5.41, 5.74) is 2.44. The fourth-order valence-corrected chi connectivity index (χ4v) is 2.03. The molecular weight excluding hydrogens is 320 g/mol. The smallest absolute Gasteiger partial charge is 0.268 e. The highest BCUT2D eigenvalue weighted by Gasteiger charge is 2.32. The van der Waals surface area contributed by atoms with E-state index in [1.54, 1.807) is 0 Å². The number of unbranched alkanes of at least 4 members (excludes halogenated alkanes) is 1. The van der Waals surface area contributed by atoms with Gasteiger partial charge in [-0.3, -0.25) is 0 Å². The van der Waals surface area contributed by atoms with E-state index >= 15 is 0 Å². The van der Waals surface area contributed by atoms with Crippen LogP contribution in [0.25, 0.3) is 5.70 Å². The summed E-state index contributed by atoms with van der Waals surface area (Å²) in [6.45, 7) is 10.7. The van der Waals surface area contributed by atoms with E-state index in [0.717, 1.165) is 30.9 Å². The third kappa shape index (κ3) is 6.99. The summed E-state index contributed by atoms with van der Waals surface area (Å²) in [5.74, 6) is -2.83. The third-order valence-corrected chi connectivity index (χ3v) is 4.25. The van der Waals surface area contributed by atoms with Crippen LogP contribution in [-0.4, -0.2) is 22.0 Å². The highest BCUT2D eigenvalue weighted by Crippen LogP contribution is 2.35. The lowest BCUT2D eigenvalue weighted by molar-refractivity contribution is 0.0619. The standard InChI is InChI=1S/C17H21F2NO.C4H10/c1-12(17(3,18)19)10-20(16-8-9-16)13(2)15-6-4-14(11-21)5-7-15;1-3-4-2/h4-7,10,16,21H,2,8-9,11H2,1,3H3;3-4H2,1-2H3/b12-10+;. The number of allylic oxidation sites excluding steroid dienone is 1. The van der Waals surface area contributed by atoms with E-state index in [-0.39, 0.29) is 18.2 Å². The summed E-state index contributed by atoms with van der Waals surface area (Å²) < 4.78 is 26.7. The summed E-state index contributed by atoms with van der Waals surface area (Å²) in [7, 11) is 0. The van der Waals surface area contributed by atoms with Gasteiger partial charge in [0.05, 0.1) is 6.61 Å². The Hall–Kier alpha value is -1.68. The van der Waals surface area contributed by atoms with E-state index in [1.165, 1.54) is 26.0 Å². The molecule has 1 aliphatic carbocycles. The van der Waals surface area contributed by atoms with Gasteiger partial charge in [-0.15, -0.1) is 0 Å². The molecule has 4 heteroatoms. The Morgan fingerprint density at radius 2 is 1.76 bits per heavy atom. The number of hydrogen-bond donors (Lipinski definition) is 1. The highest BCUT2D eigenvalue weighted by molar-refractivity contribution is 5.63. The lowest BCUT2D eigenvalue weighted by Crippen LogP contribution is -2.21. The van der Waals surface area contributed by atoms with Crippen molar-refractivity contribution < 1.29 is 13.9 Å². The molecule has 1 aromatic carbocycles. The van der Waals surface area contributed by atoms with Crippen molar-refractivity contribution in [2.45, 2.75) is 71.9 Å². The monoisotopic (exact) mass is 351 g/mol. The minimum Gasteiger partial charge on any atom is -0.392 e. The van der Waals surface area contributed by atoms with Crippen molar-refractivity contribution in [2.75, 3.05) is 0 Å². The van der Waals surface area contributed by atoms with Crippen LogP contribution in [0.1, 0.15) is 64.5 Å². The molecule has 1 aromatic rings. The van der Waals surface area contributed by atoms with Gasteiger partial charge in [-0.1, -0.05) is 57.5 Å². The molecule has 1 N–H and O–H groups in total. The van der Waals surface area contributed by atoms with Crippen LogP contribution in [0.2, 0.25) is 0 Å². The number of benzene rings is 1. The van der Waals surface area contributed by atoms with Gasteiger partial charge in [0.15, 0.2) is 0 Å². The van der Waals surface area contributed by atoms with Crippen LogP contribution < -0.4 is 0 Å². The second kappa shape index (κ2) is 9.71. The summed E-state index contributed by atoms with van der Waals surface area (Å²) in [6.07, 6.45) is 6.14. The van der Waals surface area contributed by atoms with Crippen molar-refractivity contribution in [3.63, 3.8) is 0 Å². The number of nitrogens with zero attached hydrogens (tertiary/aromatic N) is 1. The van der Waals surface area contributed by atoms with Crippen LogP contribution in [-0.2, 0) is 6.61 Å². The Labute approximate surface area is 150 Å². The molecule has 0 amide bonds. The first-order valence-corrected chi connectivity index (χ1v) is 8.98. The first kappa shape index (κ1) is 21.4. The van der Waals surface area contributed by atoms with Gasteiger partial charge in [-0.05, 0) is 30.9 Å². The lowest BCUT2D eigenvalue weighted by atomic mass is 10.1. The van der Waals surface area contributed by atoms with Crippen molar-refractivity contribution in [1.82, 2.24) is 4.90 Å². The maximum atomic E-state index is 13.4. The molecule has 1 aliphatic rings. The molecule has 0 unspecified atom stereocenters. The number of hydrogen-bond acceptors (Lipinski definition) is 2. The SMILES string of the molecule is C=C(c1ccc(CO)cc1)N(/C=C(\C)C(C)(F)F)C1CC1.CCCC. The van der Waals surface area contributed by atoms with Gasteiger partial charge in [0.1, 0.15) is 0 Å². The van der Waals surface area contributed by atoms with E-state index in [9.17, 15) is 8.78 Å². The molecule has 1 fully saturated rings. The van der Waals surface area contributed by atoms with Crippen molar-refractivity contribution in [3.8, 4) is 0 Å². The fraction of sp³-hybridized carbons (Fsp3) is 0.524. The van der Waals surface area contributed by atoms with Gasteiger partial charge < -0.3 is 10.0 Å². The third-order valence-electron chi connectivity index (χ3n) is 4.25. The Morgan fingerprint density at radius 1 is 1.24 bits per heavy atom. The number of aliphatic hydroxyl groups is 1. The molecule has 0 saturated heterocycles. The summed E-state index contributed by atoms with van der Waals surface area (Å²) >= 11 is 0. The lowest BCUT2D eigenvalue weighted by Gasteiger charge is -2.25. The molecule has 25 heavy (non-hydrogen) atoms. The molecule has 140 valence electrons. The molecular formula is C21H31F2NO. The van der Waals surface area contributed by atoms with E-state index in [0.29, 0.717) is 5.70 Å². The number of aliphatic hydroxyl groups excluding tert-OH is 1. The maximum Gasteiger partial charge on any atom is 0.268 e. The van der Waals surface area contributed by atoms with Crippen LogP contribution in [0.3, 0.4) is 0 Å². The van der Waals surface area contributed by atoms with Gasteiger partial charge >= 0.3 is 0 Å². The molecule has 0 aromatic heterocycles. The second-order valence-corrected chi connectivity index (χ2v) is 6.64. The molecule has 0 heterocycles. The molecule has 0 radical (unpaired) electrons. The molecule has 0 atom stereocenters. The van der Waals surface area contributed by atoms with E-state index in [4.69, 9.17) is 5.11 Å². The minimum atomic E-state index is -2.83.